The molecule has 1 atom stereocenters. The predicted octanol–water partition coefficient (Wildman–Crippen LogP) is 3.87. The molecule has 2 amide bonds. The quantitative estimate of drug-likeness (QED) is 0.688. The van der Waals surface area contributed by atoms with Crippen molar-refractivity contribution in [2.45, 2.75) is 25.8 Å². The molecule has 1 aromatic heterocycles. The molecule has 3 rings (SSSR count). The molecule has 7 heteroatoms. The van der Waals surface area contributed by atoms with Crippen LogP contribution in [0.4, 0.5) is 16.2 Å². The molecule has 1 aliphatic heterocycles. The minimum atomic E-state index is -0.489. The normalized spacial score (nSPS) is 17.3. The second-order valence-corrected chi connectivity index (χ2v) is 5.57. The van der Waals surface area contributed by atoms with Gasteiger partial charge < -0.3 is 14.6 Å². The molecule has 1 fully saturated rings. The maximum Gasteiger partial charge on any atom is 0.322 e. The first-order valence-electron chi connectivity index (χ1n) is 7.42. The zero-order valence-corrected chi connectivity index (χ0v) is 12.7. The number of carbonyl (C=O) groups excluding carboxylic acids is 1. The number of hydrogen-bond donors (Lipinski definition) is 1. The number of anilines is 1. The fourth-order valence-electron chi connectivity index (χ4n) is 2.87. The van der Waals surface area contributed by atoms with Crippen LogP contribution >= 0.6 is 0 Å². The fraction of sp³-hybridized carbons (Fsp3) is 0.312. The van der Waals surface area contributed by atoms with Crippen LogP contribution in [0.3, 0.4) is 0 Å². The monoisotopic (exact) mass is 315 g/mol. The molecule has 1 N–H and O–H groups in total. The molecular weight excluding hydrogens is 298 g/mol. The van der Waals surface area contributed by atoms with E-state index in [1.807, 2.05) is 6.07 Å². The number of nitrogens with zero attached hydrogens (tertiary/aromatic N) is 2. The Kier molecular flexibility index (Phi) is 4.01. The number of hydrogen-bond acceptors (Lipinski definition) is 4. The van der Waals surface area contributed by atoms with Crippen LogP contribution < -0.4 is 5.32 Å². The lowest BCUT2D eigenvalue weighted by atomic mass is 10.1. The van der Waals surface area contributed by atoms with Gasteiger partial charge in [0.25, 0.3) is 5.69 Å². The Balaban J connectivity index is 1.80. The maximum absolute atomic E-state index is 12.5. The van der Waals surface area contributed by atoms with E-state index in [0.717, 1.165) is 24.2 Å². The number of likely N-dealkylation sites (tertiary alicyclic amines) is 1. The highest BCUT2D eigenvalue weighted by atomic mass is 16.6. The second kappa shape index (κ2) is 6.12. The summed E-state index contributed by atoms with van der Waals surface area (Å²) in [6, 6.07) is 7.88. The first-order chi connectivity index (χ1) is 11.1. The van der Waals surface area contributed by atoms with Gasteiger partial charge in [0.15, 0.2) is 0 Å². The van der Waals surface area contributed by atoms with Crippen LogP contribution in [0.1, 0.15) is 30.2 Å². The minimum Gasteiger partial charge on any atom is -0.467 e. The summed E-state index contributed by atoms with van der Waals surface area (Å²) < 4.78 is 5.40. The van der Waals surface area contributed by atoms with Crippen LogP contribution in [0, 0.1) is 17.0 Å². The average molecular weight is 315 g/mol. The molecule has 0 unspecified atom stereocenters. The first-order valence-corrected chi connectivity index (χ1v) is 7.42. The maximum atomic E-state index is 12.5. The van der Waals surface area contributed by atoms with Gasteiger partial charge in [0.2, 0.25) is 0 Å². The van der Waals surface area contributed by atoms with Crippen molar-refractivity contribution < 1.29 is 14.1 Å². The Morgan fingerprint density at radius 1 is 1.43 bits per heavy atom. The van der Waals surface area contributed by atoms with Crippen LogP contribution in [0.25, 0.3) is 0 Å². The molecule has 1 aliphatic rings. The van der Waals surface area contributed by atoms with E-state index in [4.69, 9.17) is 4.42 Å². The molecule has 0 aliphatic carbocycles. The standard InChI is InChI=1S/C16H17N3O4/c1-11-6-7-12(14(10-11)19(21)22)17-16(20)18-8-2-4-13(18)15-5-3-9-23-15/h3,5-7,9-10,13H,2,4,8H2,1H3,(H,17,20)/t13-/m1/s1. The van der Waals surface area contributed by atoms with E-state index in [0.29, 0.717) is 6.54 Å². The number of benzene rings is 1. The molecule has 0 saturated carbocycles. The number of furan rings is 1. The van der Waals surface area contributed by atoms with Crippen molar-refractivity contribution in [3.63, 3.8) is 0 Å². The van der Waals surface area contributed by atoms with Gasteiger partial charge >= 0.3 is 6.03 Å². The van der Waals surface area contributed by atoms with Crippen molar-refractivity contribution in [2.24, 2.45) is 0 Å². The van der Waals surface area contributed by atoms with Crippen molar-refractivity contribution in [1.29, 1.82) is 0 Å². The Morgan fingerprint density at radius 2 is 2.26 bits per heavy atom. The summed E-state index contributed by atoms with van der Waals surface area (Å²) in [4.78, 5) is 24.8. The summed E-state index contributed by atoms with van der Waals surface area (Å²) >= 11 is 0. The largest absolute Gasteiger partial charge is 0.467 e. The van der Waals surface area contributed by atoms with Gasteiger partial charge in [-0.25, -0.2) is 4.79 Å². The summed E-state index contributed by atoms with van der Waals surface area (Å²) in [5.74, 6) is 0.732. The lowest BCUT2D eigenvalue weighted by Gasteiger charge is -2.23. The van der Waals surface area contributed by atoms with Gasteiger partial charge in [-0.15, -0.1) is 0 Å². The van der Waals surface area contributed by atoms with Crippen LogP contribution in [-0.2, 0) is 0 Å². The molecule has 1 saturated heterocycles. The molecule has 0 radical (unpaired) electrons. The zero-order valence-electron chi connectivity index (χ0n) is 12.7. The first kappa shape index (κ1) is 15.1. The van der Waals surface area contributed by atoms with E-state index in [2.05, 4.69) is 5.32 Å². The predicted molar refractivity (Wildman–Crippen MR) is 84.2 cm³/mol. The molecular formula is C16H17N3O4. The molecule has 120 valence electrons. The third kappa shape index (κ3) is 3.03. The summed E-state index contributed by atoms with van der Waals surface area (Å²) in [6.45, 7) is 2.36. The topological polar surface area (TPSA) is 88.6 Å². The Labute approximate surface area is 133 Å². The minimum absolute atomic E-state index is 0.105. The summed E-state index contributed by atoms with van der Waals surface area (Å²) in [6.07, 6.45) is 3.26. The van der Waals surface area contributed by atoms with Crippen LogP contribution in [0.5, 0.6) is 0 Å². The molecule has 0 bridgehead atoms. The number of nitro groups is 1. The number of nitro benzene ring substituents is 1. The second-order valence-electron chi connectivity index (χ2n) is 5.57. The molecule has 0 spiro atoms. The van der Waals surface area contributed by atoms with E-state index in [1.165, 1.54) is 6.07 Å². The highest BCUT2D eigenvalue weighted by molar-refractivity contribution is 5.92. The third-order valence-corrected chi connectivity index (χ3v) is 3.98. The summed E-state index contributed by atoms with van der Waals surface area (Å²) in [5, 5.41) is 13.8. The highest BCUT2D eigenvalue weighted by Gasteiger charge is 2.32. The Bertz CT molecular complexity index is 727. The van der Waals surface area contributed by atoms with Gasteiger partial charge in [0.1, 0.15) is 11.4 Å². The van der Waals surface area contributed by atoms with Crippen molar-refractivity contribution in [3.05, 3.63) is 58.0 Å². The number of carbonyl (C=O) groups is 1. The van der Waals surface area contributed by atoms with E-state index in [-0.39, 0.29) is 23.4 Å². The number of amides is 2. The van der Waals surface area contributed by atoms with Crippen molar-refractivity contribution in [1.82, 2.24) is 4.90 Å². The molecule has 1 aromatic carbocycles. The van der Waals surface area contributed by atoms with Crippen LogP contribution in [-0.4, -0.2) is 22.4 Å². The van der Waals surface area contributed by atoms with Gasteiger partial charge in [-0.3, -0.25) is 10.1 Å². The summed E-state index contributed by atoms with van der Waals surface area (Å²) in [7, 11) is 0. The zero-order chi connectivity index (χ0) is 16.4. The van der Waals surface area contributed by atoms with E-state index in [1.54, 1.807) is 36.3 Å². The smallest absolute Gasteiger partial charge is 0.322 e. The number of rotatable bonds is 3. The molecule has 2 heterocycles. The van der Waals surface area contributed by atoms with E-state index < -0.39 is 4.92 Å². The third-order valence-electron chi connectivity index (χ3n) is 3.98. The van der Waals surface area contributed by atoms with E-state index in [9.17, 15) is 14.9 Å². The lowest BCUT2D eigenvalue weighted by molar-refractivity contribution is -0.384. The molecule has 23 heavy (non-hydrogen) atoms. The number of aryl methyl sites for hydroxylation is 1. The SMILES string of the molecule is Cc1ccc(NC(=O)N2CCC[C@@H]2c2ccco2)c([N+](=O)[O-])c1. The Morgan fingerprint density at radius 3 is 2.96 bits per heavy atom. The fourth-order valence-corrected chi connectivity index (χ4v) is 2.87. The highest BCUT2D eigenvalue weighted by Crippen LogP contribution is 2.33. The summed E-state index contributed by atoms with van der Waals surface area (Å²) in [5.41, 5.74) is 0.868. The van der Waals surface area contributed by atoms with Crippen LogP contribution in [0.15, 0.2) is 41.0 Å². The van der Waals surface area contributed by atoms with Gasteiger partial charge in [-0.05, 0) is 43.5 Å². The molecule has 7 nitrogen and oxygen atoms in total. The van der Waals surface area contributed by atoms with Crippen molar-refractivity contribution in [2.75, 3.05) is 11.9 Å². The Hall–Kier alpha value is -2.83. The van der Waals surface area contributed by atoms with Crippen molar-refractivity contribution >= 4 is 17.4 Å². The van der Waals surface area contributed by atoms with Gasteiger partial charge in [0, 0.05) is 12.6 Å². The van der Waals surface area contributed by atoms with Gasteiger partial charge in [-0.1, -0.05) is 6.07 Å². The number of nitrogens with one attached hydrogen (secondary N) is 1. The van der Waals surface area contributed by atoms with Crippen molar-refractivity contribution in [3.8, 4) is 0 Å². The average Bonchev–Trinajstić information content (AvgIpc) is 3.19. The molecule has 2 aromatic rings. The lowest BCUT2D eigenvalue weighted by Crippen LogP contribution is -2.34. The van der Waals surface area contributed by atoms with E-state index >= 15 is 0 Å². The van der Waals surface area contributed by atoms with Gasteiger partial charge in [0.05, 0.1) is 17.2 Å². The number of urea groups is 1. The van der Waals surface area contributed by atoms with Crippen LogP contribution in [0.2, 0.25) is 0 Å². The van der Waals surface area contributed by atoms with Gasteiger partial charge in [-0.2, -0.15) is 0 Å².